The Morgan fingerprint density at radius 3 is 2.32 bits per heavy atom. The van der Waals surface area contributed by atoms with Crippen LogP contribution in [0.5, 0.6) is 0 Å². The van der Waals surface area contributed by atoms with Crippen LogP contribution in [0.1, 0.15) is 33.3 Å². The van der Waals surface area contributed by atoms with E-state index in [-0.39, 0.29) is 12.5 Å². The fourth-order valence-corrected chi connectivity index (χ4v) is 2.27. The lowest BCUT2D eigenvalue weighted by Crippen LogP contribution is -2.58. The summed E-state index contributed by atoms with van der Waals surface area (Å²) >= 11 is 0. The fraction of sp³-hybridized carbons (Fsp3) is 0.500. The summed E-state index contributed by atoms with van der Waals surface area (Å²) in [5.74, 6) is -0.840. The zero-order chi connectivity index (χ0) is 16.8. The van der Waals surface area contributed by atoms with E-state index < -0.39 is 24.1 Å². The molecule has 1 aromatic rings. The molecule has 6 nitrogen and oxygen atoms in total. The largest absolute Gasteiger partial charge is 0.394 e. The molecule has 0 saturated carbocycles. The van der Waals surface area contributed by atoms with Gasteiger partial charge in [0, 0.05) is 12.5 Å². The van der Waals surface area contributed by atoms with Crippen molar-refractivity contribution in [1.82, 2.24) is 10.4 Å². The minimum Gasteiger partial charge on any atom is -0.394 e. The SMILES string of the molecule is CC(=O)N([C@H](CO)C(=O)NOCc1ccccc1)C(C)(C)C. The van der Waals surface area contributed by atoms with Crippen LogP contribution in [0.2, 0.25) is 0 Å². The molecule has 2 amide bonds. The molecule has 0 aliphatic rings. The van der Waals surface area contributed by atoms with Gasteiger partial charge in [0.15, 0.2) is 0 Å². The van der Waals surface area contributed by atoms with E-state index in [1.807, 2.05) is 30.3 Å². The molecular weight excluding hydrogens is 284 g/mol. The highest BCUT2D eigenvalue weighted by atomic mass is 16.7. The second-order valence-electron chi connectivity index (χ2n) is 6.00. The number of aliphatic hydroxyl groups excluding tert-OH is 1. The Morgan fingerprint density at radius 1 is 1.27 bits per heavy atom. The first-order valence-corrected chi connectivity index (χ1v) is 7.13. The lowest BCUT2D eigenvalue weighted by molar-refractivity contribution is -0.153. The molecule has 0 heterocycles. The van der Waals surface area contributed by atoms with Gasteiger partial charge in [-0.05, 0) is 26.3 Å². The van der Waals surface area contributed by atoms with Gasteiger partial charge < -0.3 is 10.0 Å². The molecule has 0 saturated heterocycles. The Kier molecular flexibility index (Phi) is 6.52. The van der Waals surface area contributed by atoms with Crippen molar-refractivity contribution >= 4 is 11.8 Å². The summed E-state index contributed by atoms with van der Waals surface area (Å²) in [6.07, 6.45) is 0. The highest BCUT2D eigenvalue weighted by Gasteiger charge is 2.35. The van der Waals surface area contributed by atoms with Crippen molar-refractivity contribution in [1.29, 1.82) is 0 Å². The van der Waals surface area contributed by atoms with E-state index in [0.29, 0.717) is 0 Å². The predicted octanol–water partition coefficient (Wildman–Crippen LogP) is 1.24. The molecule has 0 bridgehead atoms. The first kappa shape index (κ1) is 18.1. The maximum absolute atomic E-state index is 12.2. The van der Waals surface area contributed by atoms with Crippen molar-refractivity contribution in [2.45, 2.75) is 45.9 Å². The summed E-state index contributed by atoms with van der Waals surface area (Å²) in [4.78, 5) is 30.5. The number of benzene rings is 1. The van der Waals surface area contributed by atoms with Gasteiger partial charge in [-0.1, -0.05) is 30.3 Å². The summed E-state index contributed by atoms with van der Waals surface area (Å²) in [5, 5.41) is 9.49. The molecule has 0 aliphatic carbocycles. The van der Waals surface area contributed by atoms with Crippen LogP contribution in [0, 0.1) is 0 Å². The van der Waals surface area contributed by atoms with Crippen molar-refractivity contribution in [2.24, 2.45) is 0 Å². The quantitative estimate of drug-likeness (QED) is 0.775. The van der Waals surface area contributed by atoms with Gasteiger partial charge in [-0.25, -0.2) is 5.48 Å². The number of hydrogen-bond acceptors (Lipinski definition) is 4. The Hall–Kier alpha value is -1.92. The van der Waals surface area contributed by atoms with E-state index in [2.05, 4.69) is 5.48 Å². The smallest absolute Gasteiger partial charge is 0.268 e. The van der Waals surface area contributed by atoms with Gasteiger partial charge in [0.2, 0.25) is 5.91 Å². The monoisotopic (exact) mass is 308 g/mol. The van der Waals surface area contributed by atoms with Crippen molar-refractivity contribution < 1.29 is 19.5 Å². The first-order chi connectivity index (χ1) is 10.3. The van der Waals surface area contributed by atoms with Gasteiger partial charge in [0.25, 0.3) is 5.91 Å². The zero-order valence-electron chi connectivity index (χ0n) is 13.5. The van der Waals surface area contributed by atoms with Crippen LogP contribution in [0.3, 0.4) is 0 Å². The third kappa shape index (κ3) is 5.13. The number of amides is 2. The molecule has 1 aromatic carbocycles. The van der Waals surface area contributed by atoms with Gasteiger partial charge in [-0.2, -0.15) is 0 Å². The number of nitrogens with one attached hydrogen (secondary N) is 1. The van der Waals surface area contributed by atoms with Crippen molar-refractivity contribution in [3.8, 4) is 0 Å². The lowest BCUT2D eigenvalue weighted by atomic mass is 10.0. The molecule has 2 N–H and O–H groups in total. The summed E-state index contributed by atoms with van der Waals surface area (Å²) in [6.45, 7) is 6.50. The van der Waals surface area contributed by atoms with Gasteiger partial charge >= 0.3 is 0 Å². The standard InChI is InChI=1S/C16H24N2O4/c1-12(20)18(16(2,3)4)14(10-19)15(21)17-22-11-13-8-6-5-7-9-13/h5-9,14,19H,10-11H2,1-4H3,(H,17,21)/t14-/m1/s1. The number of hydrogen-bond donors (Lipinski definition) is 2. The highest BCUT2D eigenvalue weighted by molar-refractivity contribution is 5.86. The van der Waals surface area contributed by atoms with Gasteiger partial charge in [0.05, 0.1) is 13.2 Å². The van der Waals surface area contributed by atoms with E-state index in [9.17, 15) is 14.7 Å². The lowest BCUT2D eigenvalue weighted by Gasteiger charge is -2.39. The van der Waals surface area contributed by atoms with Crippen LogP contribution in [-0.4, -0.2) is 40.0 Å². The van der Waals surface area contributed by atoms with E-state index >= 15 is 0 Å². The Labute approximate surface area is 131 Å². The van der Waals surface area contributed by atoms with Gasteiger partial charge in [-0.3, -0.25) is 14.4 Å². The average Bonchev–Trinajstić information content (AvgIpc) is 2.43. The number of carbonyl (C=O) groups excluding carboxylic acids is 2. The number of nitrogens with zero attached hydrogens (tertiary/aromatic N) is 1. The van der Waals surface area contributed by atoms with E-state index in [4.69, 9.17) is 4.84 Å². The van der Waals surface area contributed by atoms with E-state index in [0.717, 1.165) is 5.56 Å². The number of rotatable bonds is 6. The minimum absolute atomic E-state index is 0.209. The molecule has 122 valence electrons. The van der Waals surface area contributed by atoms with Crippen LogP contribution in [-0.2, 0) is 21.0 Å². The second-order valence-corrected chi connectivity index (χ2v) is 6.00. The molecule has 0 unspecified atom stereocenters. The number of aliphatic hydroxyl groups is 1. The Balaban J connectivity index is 2.65. The highest BCUT2D eigenvalue weighted by Crippen LogP contribution is 2.17. The fourth-order valence-electron chi connectivity index (χ4n) is 2.27. The van der Waals surface area contributed by atoms with Gasteiger partial charge in [-0.15, -0.1) is 0 Å². The molecule has 1 atom stereocenters. The molecular formula is C16H24N2O4. The van der Waals surface area contributed by atoms with Crippen molar-refractivity contribution in [3.63, 3.8) is 0 Å². The van der Waals surface area contributed by atoms with Crippen LogP contribution < -0.4 is 5.48 Å². The predicted molar refractivity (Wildman–Crippen MR) is 82.5 cm³/mol. The molecule has 0 radical (unpaired) electrons. The van der Waals surface area contributed by atoms with Crippen molar-refractivity contribution in [3.05, 3.63) is 35.9 Å². The second kappa shape index (κ2) is 7.91. The summed E-state index contributed by atoms with van der Waals surface area (Å²) in [7, 11) is 0. The van der Waals surface area contributed by atoms with Crippen molar-refractivity contribution in [2.75, 3.05) is 6.61 Å². The maximum atomic E-state index is 12.2. The van der Waals surface area contributed by atoms with Crippen LogP contribution in [0.4, 0.5) is 0 Å². The van der Waals surface area contributed by atoms with E-state index in [1.54, 1.807) is 20.8 Å². The third-order valence-corrected chi connectivity index (χ3v) is 3.10. The third-order valence-electron chi connectivity index (χ3n) is 3.10. The summed E-state index contributed by atoms with van der Waals surface area (Å²) in [5.41, 5.74) is 2.61. The minimum atomic E-state index is -0.992. The molecule has 0 aliphatic heterocycles. The Morgan fingerprint density at radius 2 is 1.86 bits per heavy atom. The normalized spacial score (nSPS) is 12.6. The van der Waals surface area contributed by atoms with Crippen LogP contribution in [0.25, 0.3) is 0 Å². The van der Waals surface area contributed by atoms with E-state index in [1.165, 1.54) is 11.8 Å². The molecule has 22 heavy (non-hydrogen) atoms. The molecule has 0 spiro atoms. The Bertz CT molecular complexity index is 497. The molecule has 0 fully saturated rings. The maximum Gasteiger partial charge on any atom is 0.268 e. The summed E-state index contributed by atoms with van der Waals surface area (Å²) < 4.78 is 0. The summed E-state index contributed by atoms with van der Waals surface area (Å²) in [6, 6.07) is 8.37. The first-order valence-electron chi connectivity index (χ1n) is 7.13. The van der Waals surface area contributed by atoms with Crippen LogP contribution >= 0.6 is 0 Å². The van der Waals surface area contributed by atoms with Gasteiger partial charge in [0.1, 0.15) is 6.04 Å². The molecule has 6 heteroatoms. The average molecular weight is 308 g/mol. The number of carbonyl (C=O) groups is 2. The molecule has 0 aromatic heterocycles. The topological polar surface area (TPSA) is 78.9 Å². The van der Waals surface area contributed by atoms with Crippen LogP contribution in [0.15, 0.2) is 30.3 Å². The zero-order valence-corrected chi connectivity index (χ0v) is 13.5. The molecule has 1 rings (SSSR count). The number of hydroxylamine groups is 1.